The largest absolute Gasteiger partial charge is 0.391 e. The average molecular weight is 186 g/mol. The molecule has 0 aromatic carbocycles. The first-order valence-corrected chi connectivity index (χ1v) is 4.24. The third-order valence-corrected chi connectivity index (χ3v) is 2.32. The van der Waals surface area contributed by atoms with E-state index in [1.807, 2.05) is 0 Å². The standard InChI is InChI=1S/C8H14N2O3/c1-4(5(2)11)10-7(12)3-6(9)8(10)13/h4-6,11H,3,9H2,1-2H3. The Hall–Kier alpha value is -0.940. The van der Waals surface area contributed by atoms with Crippen molar-refractivity contribution >= 4 is 11.8 Å². The van der Waals surface area contributed by atoms with Gasteiger partial charge in [0, 0.05) is 0 Å². The number of amides is 2. The molecule has 3 atom stereocenters. The summed E-state index contributed by atoms with van der Waals surface area (Å²) in [6, 6.07) is -1.22. The molecule has 0 aromatic heterocycles. The van der Waals surface area contributed by atoms with Crippen molar-refractivity contribution < 1.29 is 14.7 Å². The molecular formula is C8H14N2O3. The van der Waals surface area contributed by atoms with Gasteiger partial charge >= 0.3 is 0 Å². The van der Waals surface area contributed by atoms with Gasteiger partial charge in [-0.15, -0.1) is 0 Å². The molecule has 0 bridgehead atoms. The van der Waals surface area contributed by atoms with E-state index in [4.69, 9.17) is 5.73 Å². The van der Waals surface area contributed by atoms with Gasteiger partial charge in [0.2, 0.25) is 11.8 Å². The maximum Gasteiger partial charge on any atom is 0.246 e. The summed E-state index contributed by atoms with van der Waals surface area (Å²) < 4.78 is 0. The molecule has 5 heteroatoms. The summed E-state index contributed by atoms with van der Waals surface area (Å²) in [5.74, 6) is -0.690. The lowest BCUT2D eigenvalue weighted by Gasteiger charge is -2.24. The van der Waals surface area contributed by atoms with Gasteiger partial charge in [0.15, 0.2) is 0 Å². The Balaban J connectivity index is 2.80. The van der Waals surface area contributed by atoms with E-state index in [1.165, 1.54) is 6.92 Å². The summed E-state index contributed by atoms with van der Waals surface area (Å²) in [6.45, 7) is 3.16. The van der Waals surface area contributed by atoms with Crippen LogP contribution in [0.25, 0.3) is 0 Å². The second-order valence-electron chi connectivity index (χ2n) is 3.39. The number of nitrogens with two attached hydrogens (primary N) is 1. The topological polar surface area (TPSA) is 83.6 Å². The van der Waals surface area contributed by atoms with Crippen molar-refractivity contribution in [1.82, 2.24) is 4.90 Å². The molecule has 1 fully saturated rings. The number of hydrogen-bond donors (Lipinski definition) is 2. The van der Waals surface area contributed by atoms with E-state index in [-0.39, 0.29) is 12.3 Å². The van der Waals surface area contributed by atoms with Crippen LogP contribution < -0.4 is 5.73 Å². The molecule has 0 aromatic rings. The molecule has 74 valence electrons. The van der Waals surface area contributed by atoms with Gasteiger partial charge in [-0.1, -0.05) is 0 Å². The van der Waals surface area contributed by atoms with E-state index in [0.29, 0.717) is 0 Å². The van der Waals surface area contributed by atoms with Gasteiger partial charge in [-0.05, 0) is 13.8 Å². The Morgan fingerprint density at radius 3 is 2.38 bits per heavy atom. The van der Waals surface area contributed by atoms with Crippen LogP contribution in [-0.2, 0) is 9.59 Å². The summed E-state index contributed by atoms with van der Waals surface area (Å²) in [7, 11) is 0. The van der Waals surface area contributed by atoms with Crippen LogP contribution in [0.4, 0.5) is 0 Å². The summed E-state index contributed by atoms with van der Waals surface area (Å²) in [6.07, 6.45) is -0.672. The Kier molecular flexibility index (Phi) is 2.68. The van der Waals surface area contributed by atoms with E-state index in [0.717, 1.165) is 4.90 Å². The Morgan fingerprint density at radius 1 is 1.54 bits per heavy atom. The van der Waals surface area contributed by atoms with Crippen LogP contribution in [0, 0.1) is 0 Å². The predicted molar refractivity (Wildman–Crippen MR) is 45.6 cm³/mol. The smallest absolute Gasteiger partial charge is 0.246 e. The minimum atomic E-state index is -0.728. The van der Waals surface area contributed by atoms with Crippen LogP contribution in [0.3, 0.4) is 0 Å². The van der Waals surface area contributed by atoms with E-state index in [2.05, 4.69) is 0 Å². The van der Waals surface area contributed by atoms with Gasteiger partial charge in [-0.25, -0.2) is 0 Å². The minimum absolute atomic E-state index is 0.0515. The second kappa shape index (κ2) is 3.43. The van der Waals surface area contributed by atoms with Crippen molar-refractivity contribution in [2.24, 2.45) is 5.73 Å². The number of nitrogens with zero attached hydrogens (tertiary/aromatic N) is 1. The quantitative estimate of drug-likeness (QED) is 0.533. The molecule has 1 aliphatic rings. The molecule has 0 aliphatic carbocycles. The predicted octanol–water partition coefficient (Wildman–Crippen LogP) is -1.16. The molecule has 2 amide bonds. The molecule has 0 radical (unpaired) electrons. The molecule has 1 aliphatic heterocycles. The van der Waals surface area contributed by atoms with Gasteiger partial charge in [0.25, 0.3) is 0 Å². The molecule has 3 N–H and O–H groups in total. The monoisotopic (exact) mass is 186 g/mol. The van der Waals surface area contributed by atoms with Gasteiger partial charge in [0.1, 0.15) is 0 Å². The maximum atomic E-state index is 11.3. The number of carbonyl (C=O) groups excluding carboxylic acids is 2. The fourth-order valence-electron chi connectivity index (χ4n) is 1.32. The normalized spacial score (nSPS) is 28.0. The molecule has 5 nitrogen and oxygen atoms in total. The molecule has 3 unspecified atom stereocenters. The molecule has 0 spiro atoms. The fourth-order valence-corrected chi connectivity index (χ4v) is 1.32. The zero-order valence-electron chi connectivity index (χ0n) is 7.73. The highest BCUT2D eigenvalue weighted by Crippen LogP contribution is 2.16. The summed E-state index contributed by atoms with van der Waals surface area (Å²) in [5, 5.41) is 9.22. The van der Waals surface area contributed by atoms with Crippen LogP contribution >= 0.6 is 0 Å². The first-order valence-electron chi connectivity index (χ1n) is 4.24. The molecule has 1 heterocycles. The van der Waals surface area contributed by atoms with Crippen LogP contribution in [0.15, 0.2) is 0 Å². The van der Waals surface area contributed by atoms with E-state index >= 15 is 0 Å². The number of rotatable bonds is 2. The van der Waals surface area contributed by atoms with Crippen molar-refractivity contribution in [3.63, 3.8) is 0 Å². The Morgan fingerprint density at radius 2 is 2.08 bits per heavy atom. The first kappa shape index (κ1) is 10.1. The SMILES string of the molecule is CC(O)C(C)N1C(=O)CC(N)C1=O. The van der Waals surface area contributed by atoms with Crippen molar-refractivity contribution in [3.8, 4) is 0 Å². The van der Waals surface area contributed by atoms with Crippen LogP contribution in [-0.4, -0.2) is 40.0 Å². The maximum absolute atomic E-state index is 11.3. The second-order valence-corrected chi connectivity index (χ2v) is 3.39. The Labute approximate surface area is 76.5 Å². The lowest BCUT2D eigenvalue weighted by atomic mass is 10.2. The summed E-state index contributed by atoms with van der Waals surface area (Å²) >= 11 is 0. The number of hydrogen-bond acceptors (Lipinski definition) is 4. The summed E-state index contributed by atoms with van der Waals surface area (Å²) in [4.78, 5) is 23.6. The fraction of sp³-hybridized carbons (Fsp3) is 0.750. The van der Waals surface area contributed by atoms with E-state index in [9.17, 15) is 14.7 Å². The highest BCUT2D eigenvalue weighted by molar-refractivity contribution is 6.05. The molecule has 1 rings (SSSR count). The van der Waals surface area contributed by atoms with Gasteiger partial charge in [0.05, 0.1) is 24.6 Å². The molecule has 0 saturated carbocycles. The van der Waals surface area contributed by atoms with E-state index in [1.54, 1.807) is 6.92 Å². The molecule has 13 heavy (non-hydrogen) atoms. The van der Waals surface area contributed by atoms with Gasteiger partial charge in [-0.2, -0.15) is 0 Å². The van der Waals surface area contributed by atoms with E-state index < -0.39 is 24.1 Å². The number of aliphatic hydroxyl groups excluding tert-OH is 1. The zero-order chi connectivity index (χ0) is 10.2. The number of aliphatic hydroxyl groups is 1. The minimum Gasteiger partial charge on any atom is -0.391 e. The molecule has 1 saturated heterocycles. The number of likely N-dealkylation sites (tertiary alicyclic amines) is 1. The Bertz CT molecular complexity index is 240. The van der Waals surface area contributed by atoms with Crippen molar-refractivity contribution in [2.45, 2.75) is 38.5 Å². The van der Waals surface area contributed by atoms with Crippen molar-refractivity contribution in [2.75, 3.05) is 0 Å². The summed E-state index contributed by atoms with van der Waals surface area (Å²) in [5.41, 5.74) is 5.40. The highest BCUT2D eigenvalue weighted by atomic mass is 16.3. The lowest BCUT2D eigenvalue weighted by molar-refractivity contribution is -0.143. The number of imide groups is 1. The van der Waals surface area contributed by atoms with Gasteiger partial charge in [-0.3, -0.25) is 14.5 Å². The third-order valence-electron chi connectivity index (χ3n) is 2.32. The average Bonchev–Trinajstić information content (AvgIpc) is 2.26. The lowest BCUT2D eigenvalue weighted by Crippen LogP contribution is -2.45. The third kappa shape index (κ3) is 1.71. The van der Waals surface area contributed by atoms with Crippen LogP contribution in [0.1, 0.15) is 20.3 Å². The van der Waals surface area contributed by atoms with Gasteiger partial charge < -0.3 is 10.8 Å². The van der Waals surface area contributed by atoms with Crippen LogP contribution in [0.5, 0.6) is 0 Å². The number of carbonyl (C=O) groups is 2. The van der Waals surface area contributed by atoms with Crippen LogP contribution in [0.2, 0.25) is 0 Å². The highest BCUT2D eigenvalue weighted by Gasteiger charge is 2.40. The molecular weight excluding hydrogens is 172 g/mol. The van der Waals surface area contributed by atoms with Crippen molar-refractivity contribution in [3.05, 3.63) is 0 Å². The first-order chi connectivity index (χ1) is 5.95. The van der Waals surface area contributed by atoms with Crippen molar-refractivity contribution in [1.29, 1.82) is 0 Å². The zero-order valence-corrected chi connectivity index (χ0v) is 7.73.